The van der Waals surface area contributed by atoms with Gasteiger partial charge in [0.2, 0.25) is 0 Å². The molecule has 0 radical (unpaired) electrons. The van der Waals surface area contributed by atoms with Crippen LogP contribution in [0, 0.1) is 5.92 Å². The van der Waals surface area contributed by atoms with Crippen LogP contribution in [0.3, 0.4) is 0 Å². The van der Waals surface area contributed by atoms with E-state index in [9.17, 15) is 5.11 Å². The van der Waals surface area contributed by atoms with Crippen LogP contribution in [0.15, 0.2) is 42.5 Å². The number of aliphatic hydroxyl groups is 1. The zero-order chi connectivity index (χ0) is 20.4. The molecule has 0 spiro atoms. The van der Waals surface area contributed by atoms with E-state index in [1.165, 1.54) is 0 Å². The Morgan fingerprint density at radius 1 is 1.10 bits per heavy atom. The molecular formula is C24H30ClNO3. The monoisotopic (exact) mass is 415 g/mol. The molecule has 0 aromatic heterocycles. The summed E-state index contributed by atoms with van der Waals surface area (Å²) in [5.74, 6) is 1.81. The maximum Gasteiger partial charge on any atom is 0.123 e. The molecule has 5 heteroatoms. The van der Waals surface area contributed by atoms with Crippen molar-refractivity contribution in [3.05, 3.63) is 58.6 Å². The van der Waals surface area contributed by atoms with E-state index in [1.807, 2.05) is 30.3 Å². The Morgan fingerprint density at radius 3 is 2.69 bits per heavy atom. The SMILES string of the molecule is COc1ccc(OC)c([C@H]2[C@H]3CCCC[C@@]3(O)CCN2Cc2ccccc2Cl)c1. The average molecular weight is 416 g/mol. The lowest BCUT2D eigenvalue weighted by Crippen LogP contribution is -2.54. The number of nitrogens with zero attached hydrogens (tertiary/aromatic N) is 1. The highest BCUT2D eigenvalue weighted by Crippen LogP contribution is 2.51. The molecule has 156 valence electrons. The average Bonchev–Trinajstić information content (AvgIpc) is 2.74. The number of likely N-dealkylation sites (tertiary alicyclic amines) is 1. The van der Waals surface area contributed by atoms with Crippen LogP contribution in [0.5, 0.6) is 11.5 Å². The fraction of sp³-hybridized carbons (Fsp3) is 0.500. The van der Waals surface area contributed by atoms with Crippen molar-refractivity contribution in [3.8, 4) is 11.5 Å². The summed E-state index contributed by atoms with van der Waals surface area (Å²) in [6.45, 7) is 1.57. The van der Waals surface area contributed by atoms with Gasteiger partial charge in [-0.15, -0.1) is 0 Å². The van der Waals surface area contributed by atoms with Crippen LogP contribution in [0.4, 0.5) is 0 Å². The summed E-state index contributed by atoms with van der Waals surface area (Å²) < 4.78 is 11.3. The van der Waals surface area contributed by atoms with Gasteiger partial charge in [-0.25, -0.2) is 0 Å². The first-order valence-electron chi connectivity index (χ1n) is 10.5. The first-order chi connectivity index (χ1) is 14.1. The Bertz CT molecular complexity index is 858. The third kappa shape index (κ3) is 3.98. The number of rotatable bonds is 5. The van der Waals surface area contributed by atoms with Crippen LogP contribution in [-0.4, -0.2) is 36.4 Å². The molecule has 3 atom stereocenters. The molecule has 0 bridgehead atoms. The van der Waals surface area contributed by atoms with Crippen molar-refractivity contribution >= 4 is 11.6 Å². The quantitative estimate of drug-likeness (QED) is 0.726. The van der Waals surface area contributed by atoms with Gasteiger partial charge in [0, 0.05) is 35.6 Å². The van der Waals surface area contributed by atoms with E-state index >= 15 is 0 Å². The molecule has 2 fully saturated rings. The molecule has 1 aliphatic heterocycles. The molecule has 29 heavy (non-hydrogen) atoms. The Hall–Kier alpha value is -1.75. The number of ether oxygens (including phenoxy) is 2. The highest BCUT2D eigenvalue weighted by Gasteiger charge is 2.49. The third-order valence-electron chi connectivity index (χ3n) is 6.76. The summed E-state index contributed by atoms with van der Waals surface area (Å²) in [4.78, 5) is 2.46. The largest absolute Gasteiger partial charge is 0.497 e. The van der Waals surface area contributed by atoms with Gasteiger partial charge in [0.15, 0.2) is 0 Å². The lowest BCUT2D eigenvalue weighted by Gasteiger charge is -2.53. The molecule has 1 saturated heterocycles. The van der Waals surface area contributed by atoms with Gasteiger partial charge < -0.3 is 14.6 Å². The molecule has 2 aromatic rings. The van der Waals surface area contributed by atoms with Crippen LogP contribution in [-0.2, 0) is 6.54 Å². The van der Waals surface area contributed by atoms with Crippen LogP contribution < -0.4 is 9.47 Å². The summed E-state index contributed by atoms with van der Waals surface area (Å²) in [7, 11) is 3.39. The number of halogens is 1. The summed E-state index contributed by atoms with van der Waals surface area (Å²) in [5.41, 5.74) is 1.58. The minimum Gasteiger partial charge on any atom is -0.497 e. The van der Waals surface area contributed by atoms with Gasteiger partial charge in [0.1, 0.15) is 11.5 Å². The number of methoxy groups -OCH3 is 2. The summed E-state index contributed by atoms with van der Waals surface area (Å²) in [6.07, 6.45) is 4.93. The van der Waals surface area contributed by atoms with E-state index in [4.69, 9.17) is 21.1 Å². The normalized spacial score (nSPS) is 27.3. The standard InChI is InChI=1S/C24H30ClNO3/c1-28-18-10-11-22(29-2)19(15-18)23-20-8-5-6-12-24(20,27)13-14-26(23)16-17-7-3-4-9-21(17)25/h3-4,7,9-11,15,20,23,27H,5-6,8,12-14,16H2,1-2H3/t20-,23+,24-/m1/s1. The highest BCUT2D eigenvalue weighted by atomic mass is 35.5. The molecule has 1 heterocycles. The maximum absolute atomic E-state index is 11.5. The van der Waals surface area contributed by atoms with Crippen molar-refractivity contribution in [2.45, 2.75) is 50.3 Å². The summed E-state index contributed by atoms with van der Waals surface area (Å²) in [5, 5.41) is 12.3. The van der Waals surface area contributed by atoms with Crippen molar-refractivity contribution in [3.63, 3.8) is 0 Å². The van der Waals surface area contributed by atoms with Gasteiger partial charge in [0.25, 0.3) is 0 Å². The topological polar surface area (TPSA) is 41.9 Å². The number of hydrogen-bond donors (Lipinski definition) is 1. The van der Waals surface area contributed by atoms with Crippen molar-refractivity contribution in [2.24, 2.45) is 5.92 Å². The van der Waals surface area contributed by atoms with E-state index in [-0.39, 0.29) is 12.0 Å². The van der Waals surface area contributed by atoms with Gasteiger partial charge in [-0.2, -0.15) is 0 Å². The fourth-order valence-corrected chi connectivity index (χ4v) is 5.44. The molecule has 4 nitrogen and oxygen atoms in total. The van der Waals surface area contributed by atoms with Crippen LogP contribution in [0.2, 0.25) is 5.02 Å². The molecule has 4 rings (SSSR count). The number of fused-ring (bicyclic) bond motifs is 1. The lowest BCUT2D eigenvalue weighted by molar-refractivity contribution is -0.126. The van der Waals surface area contributed by atoms with Gasteiger partial charge in [-0.3, -0.25) is 4.90 Å². The smallest absolute Gasteiger partial charge is 0.123 e. The summed E-state index contributed by atoms with van der Waals surface area (Å²) in [6, 6.07) is 14.0. The lowest BCUT2D eigenvalue weighted by atomic mass is 9.66. The first-order valence-corrected chi connectivity index (χ1v) is 10.9. The molecule has 0 unspecified atom stereocenters. The van der Waals surface area contributed by atoms with E-state index < -0.39 is 5.60 Å². The second kappa shape index (κ2) is 8.55. The minimum atomic E-state index is -0.617. The predicted molar refractivity (Wildman–Crippen MR) is 116 cm³/mol. The molecule has 0 amide bonds. The van der Waals surface area contributed by atoms with Crippen molar-refractivity contribution in [1.29, 1.82) is 0 Å². The Kier molecular flexibility index (Phi) is 6.05. The van der Waals surface area contributed by atoms with Crippen LogP contribution in [0.1, 0.15) is 49.3 Å². The number of hydrogen-bond acceptors (Lipinski definition) is 4. The predicted octanol–water partition coefficient (Wildman–Crippen LogP) is 5.23. The second-order valence-corrected chi connectivity index (χ2v) is 8.73. The highest BCUT2D eigenvalue weighted by molar-refractivity contribution is 6.31. The molecule has 2 aromatic carbocycles. The van der Waals surface area contributed by atoms with E-state index in [2.05, 4.69) is 17.0 Å². The zero-order valence-corrected chi connectivity index (χ0v) is 18.0. The first kappa shape index (κ1) is 20.5. The Balaban J connectivity index is 1.78. The molecule has 1 saturated carbocycles. The zero-order valence-electron chi connectivity index (χ0n) is 17.2. The van der Waals surface area contributed by atoms with Crippen LogP contribution >= 0.6 is 11.6 Å². The van der Waals surface area contributed by atoms with Crippen LogP contribution in [0.25, 0.3) is 0 Å². The van der Waals surface area contributed by atoms with Gasteiger partial charge in [-0.05, 0) is 49.1 Å². The molecule has 1 N–H and O–H groups in total. The molecular weight excluding hydrogens is 386 g/mol. The Morgan fingerprint density at radius 2 is 1.93 bits per heavy atom. The molecule has 1 aliphatic carbocycles. The fourth-order valence-electron chi connectivity index (χ4n) is 5.25. The van der Waals surface area contributed by atoms with Crippen molar-refractivity contribution in [1.82, 2.24) is 4.90 Å². The number of benzene rings is 2. The van der Waals surface area contributed by atoms with Gasteiger partial charge >= 0.3 is 0 Å². The van der Waals surface area contributed by atoms with Crippen molar-refractivity contribution in [2.75, 3.05) is 20.8 Å². The third-order valence-corrected chi connectivity index (χ3v) is 7.13. The maximum atomic E-state index is 11.5. The van der Waals surface area contributed by atoms with E-state index in [1.54, 1.807) is 14.2 Å². The van der Waals surface area contributed by atoms with Gasteiger partial charge in [0.05, 0.1) is 19.8 Å². The van der Waals surface area contributed by atoms with Gasteiger partial charge in [-0.1, -0.05) is 42.6 Å². The Labute approximate surface area is 178 Å². The van der Waals surface area contributed by atoms with E-state index in [0.29, 0.717) is 0 Å². The summed E-state index contributed by atoms with van der Waals surface area (Å²) >= 11 is 6.49. The second-order valence-electron chi connectivity index (χ2n) is 8.32. The minimum absolute atomic E-state index is 0.0513. The number of piperidine rings is 1. The molecule has 2 aliphatic rings. The van der Waals surface area contributed by atoms with Crippen molar-refractivity contribution < 1.29 is 14.6 Å². The van der Waals surface area contributed by atoms with E-state index in [0.717, 1.165) is 72.8 Å².